The van der Waals surface area contributed by atoms with Crippen LogP contribution in [0.15, 0.2) is 76.8 Å². The third-order valence-electron chi connectivity index (χ3n) is 4.48. The van der Waals surface area contributed by atoms with Gasteiger partial charge in [-0.3, -0.25) is 5.43 Å². The summed E-state index contributed by atoms with van der Waals surface area (Å²) >= 11 is 6.07. The molecule has 0 radical (unpaired) electrons. The van der Waals surface area contributed by atoms with Gasteiger partial charge in [-0.25, -0.2) is 4.99 Å². The molecule has 4 nitrogen and oxygen atoms in total. The van der Waals surface area contributed by atoms with E-state index in [2.05, 4.69) is 29.6 Å². The van der Waals surface area contributed by atoms with Crippen LogP contribution < -0.4 is 10.2 Å². The molecule has 0 saturated carbocycles. The van der Waals surface area contributed by atoms with Crippen molar-refractivity contribution >= 4 is 28.8 Å². The number of nitrogens with one attached hydrogen (secondary N) is 1. The molecule has 4 rings (SSSR count). The lowest BCUT2D eigenvalue weighted by Crippen LogP contribution is -2.19. The Bertz CT molecular complexity index is 1050. The van der Waals surface area contributed by atoms with Crippen molar-refractivity contribution in [1.29, 1.82) is 0 Å². The maximum Gasteiger partial charge on any atom is 0.154 e. The first-order valence-electron chi connectivity index (χ1n) is 9.16. The molecule has 0 aliphatic carbocycles. The van der Waals surface area contributed by atoms with Crippen LogP contribution >= 0.6 is 11.6 Å². The van der Waals surface area contributed by atoms with Gasteiger partial charge in [0.25, 0.3) is 0 Å². The third-order valence-corrected chi connectivity index (χ3v) is 4.73. The Morgan fingerprint density at radius 1 is 0.929 bits per heavy atom. The lowest BCUT2D eigenvalue weighted by molar-refractivity contribution is 0.340. The number of halogens is 1. The highest BCUT2D eigenvalue weighted by atomic mass is 35.5. The lowest BCUT2D eigenvalue weighted by Gasteiger charge is -2.10. The van der Waals surface area contributed by atoms with Gasteiger partial charge in [0.15, 0.2) is 5.84 Å². The van der Waals surface area contributed by atoms with Gasteiger partial charge in [0.2, 0.25) is 0 Å². The molecule has 0 amide bonds. The molecule has 1 N–H and O–H groups in total. The Morgan fingerprint density at radius 3 is 2.36 bits per heavy atom. The second kappa shape index (κ2) is 7.87. The van der Waals surface area contributed by atoms with Crippen molar-refractivity contribution in [3.05, 3.63) is 94.0 Å². The average molecular weight is 390 g/mol. The number of benzene rings is 3. The molecule has 1 aliphatic heterocycles. The Kier molecular flexibility index (Phi) is 5.13. The standard InChI is InChI=1S/C23H20ClN3O/c1-3-28-19-12-13-21-20(14-19)22(16-8-10-18(24)11-9-16)26-27-23(25-21)17-6-4-15(2)5-7-17/h4-14H,3H2,1-2H3,(H,25,27). The van der Waals surface area contributed by atoms with E-state index in [0.29, 0.717) is 17.5 Å². The van der Waals surface area contributed by atoms with E-state index in [0.717, 1.165) is 33.8 Å². The quantitative estimate of drug-likeness (QED) is 0.642. The summed E-state index contributed by atoms with van der Waals surface area (Å²) in [6, 6.07) is 21.7. The van der Waals surface area contributed by atoms with Crippen molar-refractivity contribution < 1.29 is 4.74 Å². The summed E-state index contributed by atoms with van der Waals surface area (Å²) in [4.78, 5) is 4.84. The van der Waals surface area contributed by atoms with Crippen LogP contribution in [0.3, 0.4) is 0 Å². The maximum atomic E-state index is 6.07. The van der Waals surface area contributed by atoms with Gasteiger partial charge in [0, 0.05) is 21.7 Å². The maximum absolute atomic E-state index is 6.07. The van der Waals surface area contributed by atoms with Crippen molar-refractivity contribution in [2.24, 2.45) is 10.1 Å². The van der Waals surface area contributed by atoms with Crippen LogP contribution in [0.1, 0.15) is 29.2 Å². The molecule has 0 spiro atoms. The zero-order valence-electron chi connectivity index (χ0n) is 15.7. The molecule has 0 aromatic heterocycles. The van der Waals surface area contributed by atoms with Gasteiger partial charge in [-0.15, -0.1) is 0 Å². The second-order valence-electron chi connectivity index (χ2n) is 6.52. The molecule has 0 saturated heterocycles. The fourth-order valence-corrected chi connectivity index (χ4v) is 3.17. The lowest BCUT2D eigenvalue weighted by atomic mass is 10.0. The molecule has 3 aromatic carbocycles. The smallest absolute Gasteiger partial charge is 0.154 e. The number of nitrogens with zero attached hydrogens (tertiary/aromatic N) is 2. The van der Waals surface area contributed by atoms with Gasteiger partial charge in [-0.2, -0.15) is 5.10 Å². The van der Waals surface area contributed by atoms with Crippen molar-refractivity contribution in [3.8, 4) is 5.75 Å². The number of aryl methyl sites for hydroxylation is 1. The first kappa shape index (κ1) is 18.3. The Hall–Kier alpha value is -3.11. The molecular formula is C23H20ClN3O. The predicted octanol–water partition coefficient (Wildman–Crippen LogP) is 5.48. The SMILES string of the molecule is CCOc1ccc2c(c1)C(c1ccc(Cl)cc1)=NNC(c1ccc(C)cc1)=N2. The predicted molar refractivity (Wildman–Crippen MR) is 115 cm³/mol. The van der Waals surface area contributed by atoms with E-state index in [4.69, 9.17) is 21.3 Å². The summed E-state index contributed by atoms with van der Waals surface area (Å²) < 4.78 is 5.70. The first-order chi connectivity index (χ1) is 13.6. The number of aliphatic imine (C=N–C) groups is 1. The highest BCUT2D eigenvalue weighted by Crippen LogP contribution is 2.30. The van der Waals surface area contributed by atoms with Crippen LogP contribution in [0.25, 0.3) is 0 Å². The molecule has 1 heterocycles. The molecule has 0 atom stereocenters. The van der Waals surface area contributed by atoms with Crippen LogP contribution in [0.5, 0.6) is 5.75 Å². The average Bonchev–Trinajstić information content (AvgIpc) is 2.89. The molecule has 0 bridgehead atoms. The van der Waals surface area contributed by atoms with Crippen LogP contribution in [0.2, 0.25) is 5.02 Å². The van der Waals surface area contributed by atoms with E-state index >= 15 is 0 Å². The number of hydrogen-bond donors (Lipinski definition) is 1. The minimum Gasteiger partial charge on any atom is -0.494 e. The molecule has 1 aliphatic rings. The number of hydrogen-bond acceptors (Lipinski definition) is 4. The minimum atomic E-state index is 0.600. The number of rotatable bonds is 4. The number of amidine groups is 1. The van der Waals surface area contributed by atoms with Crippen molar-refractivity contribution in [2.45, 2.75) is 13.8 Å². The van der Waals surface area contributed by atoms with Crippen molar-refractivity contribution in [1.82, 2.24) is 5.43 Å². The monoisotopic (exact) mass is 389 g/mol. The Balaban J connectivity index is 1.84. The highest BCUT2D eigenvalue weighted by molar-refractivity contribution is 6.30. The second-order valence-corrected chi connectivity index (χ2v) is 6.95. The molecular weight excluding hydrogens is 370 g/mol. The van der Waals surface area contributed by atoms with Gasteiger partial charge in [0.1, 0.15) is 11.5 Å². The normalized spacial score (nSPS) is 13.0. The molecule has 28 heavy (non-hydrogen) atoms. The fraction of sp³-hybridized carbons (Fsp3) is 0.130. The van der Waals surface area contributed by atoms with E-state index in [1.807, 2.05) is 61.5 Å². The molecule has 140 valence electrons. The van der Waals surface area contributed by atoms with E-state index in [9.17, 15) is 0 Å². The van der Waals surface area contributed by atoms with Crippen LogP contribution in [-0.4, -0.2) is 18.2 Å². The summed E-state index contributed by atoms with van der Waals surface area (Å²) in [5, 5.41) is 5.37. The summed E-state index contributed by atoms with van der Waals surface area (Å²) in [5.41, 5.74) is 8.80. The summed E-state index contributed by atoms with van der Waals surface area (Å²) in [5.74, 6) is 1.49. The topological polar surface area (TPSA) is 46.0 Å². The molecule has 0 fully saturated rings. The van der Waals surface area contributed by atoms with E-state index in [-0.39, 0.29) is 0 Å². The molecule has 3 aromatic rings. The highest BCUT2D eigenvalue weighted by Gasteiger charge is 2.18. The van der Waals surface area contributed by atoms with E-state index < -0.39 is 0 Å². The largest absolute Gasteiger partial charge is 0.494 e. The van der Waals surface area contributed by atoms with Gasteiger partial charge < -0.3 is 4.74 Å². The van der Waals surface area contributed by atoms with E-state index in [1.54, 1.807) is 0 Å². The third kappa shape index (κ3) is 3.78. The van der Waals surface area contributed by atoms with E-state index in [1.165, 1.54) is 5.56 Å². The van der Waals surface area contributed by atoms with Crippen molar-refractivity contribution in [3.63, 3.8) is 0 Å². The zero-order valence-corrected chi connectivity index (χ0v) is 16.5. The van der Waals surface area contributed by atoms with Gasteiger partial charge in [-0.05, 0) is 44.2 Å². The Morgan fingerprint density at radius 2 is 1.64 bits per heavy atom. The van der Waals surface area contributed by atoms with Crippen molar-refractivity contribution in [2.75, 3.05) is 6.61 Å². The minimum absolute atomic E-state index is 0.600. The number of ether oxygens (including phenoxy) is 1. The number of fused-ring (bicyclic) bond motifs is 1. The van der Waals surface area contributed by atoms with Crippen LogP contribution in [0.4, 0.5) is 5.69 Å². The molecule has 5 heteroatoms. The summed E-state index contributed by atoms with van der Waals surface area (Å²) in [6.07, 6.45) is 0. The van der Waals surface area contributed by atoms with Crippen LogP contribution in [-0.2, 0) is 0 Å². The van der Waals surface area contributed by atoms with Gasteiger partial charge >= 0.3 is 0 Å². The summed E-state index contributed by atoms with van der Waals surface area (Å²) in [7, 11) is 0. The molecule has 0 unspecified atom stereocenters. The number of hydrazone groups is 1. The summed E-state index contributed by atoms with van der Waals surface area (Å²) in [6.45, 7) is 4.63. The van der Waals surface area contributed by atoms with Crippen LogP contribution in [0, 0.1) is 6.92 Å². The van der Waals surface area contributed by atoms with Gasteiger partial charge in [0.05, 0.1) is 12.3 Å². The Labute approximate surface area is 169 Å². The zero-order chi connectivity index (χ0) is 19.5. The first-order valence-corrected chi connectivity index (χ1v) is 9.54. The van der Waals surface area contributed by atoms with Gasteiger partial charge in [-0.1, -0.05) is 53.6 Å². The fourth-order valence-electron chi connectivity index (χ4n) is 3.04.